The van der Waals surface area contributed by atoms with Crippen LogP contribution in [0.15, 0.2) is 12.5 Å². The summed E-state index contributed by atoms with van der Waals surface area (Å²) in [6.45, 7) is 8.88. The van der Waals surface area contributed by atoms with Crippen LogP contribution in [0.1, 0.15) is 28.2 Å². The molecule has 4 nitrogen and oxygen atoms in total. The highest BCUT2D eigenvalue weighted by Crippen LogP contribution is 2.17. The van der Waals surface area contributed by atoms with Crippen molar-refractivity contribution in [3.8, 4) is 0 Å². The molecule has 17 heavy (non-hydrogen) atoms. The first-order chi connectivity index (χ1) is 8.19. The number of rotatable bonds is 5. The first-order valence-corrected chi connectivity index (χ1v) is 6.65. The van der Waals surface area contributed by atoms with Crippen molar-refractivity contribution >= 4 is 11.3 Å². The normalized spacial score (nSPS) is 11.0. The zero-order chi connectivity index (χ0) is 12.3. The highest BCUT2D eigenvalue weighted by atomic mass is 32.1. The molecule has 0 aromatic carbocycles. The minimum atomic E-state index is 0.818. The fourth-order valence-corrected chi connectivity index (χ4v) is 2.54. The van der Waals surface area contributed by atoms with Crippen LogP contribution in [0, 0.1) is 13.8 Å². The summed E-state index contributed by atoms with van der Waals surface area (Å²) in [6.07, 6.45) is 3.95. The van der Waals surface area contributed by atoms with Gasteiger partial charge in [-0.25, -0.2) is 9.97 Å². The molecular formula is C12H18N4S. The Labute approximate surface area is 106 Å². The lowest BCUT2D eigenvalue weighted by molar-refractivity contribution is 0.711. The molecule has 0 saturated heterocycles. The van der Waals surface area contributed by atoms with Crippen LogP contribution in [-0.2, 0) is 13.1 Å². The summed E-state index contributed by atoms with van der Waals surface area (Å²) in [6, 6.07) is 0. The van der Waals surface area contributed by atoms with Crippen molar-refractivity contribution in [1.82, 2.24) is 19.9 Å². The molecule has 0 atom stereocenters. The molecule has 0 radical (unpaired) electrons. The number of aromatic nitrogens is 3. The molecule has 0 unspecified atom stereocenters. The summed E-state index contributed by atoms with van der Waals surface area (Å²) in [5, 5.41) is 4.41. The molecule has 5 heteroatoms. The second-order valence-corrected chi connectivity index (χ2v) is 5.35. The van der Waals surface area contributed by atoms with E-state index < -0.39 is 0 Å². The van der Waals surface area contributed by atoms with Crippen LogP contribution in [0.4, 0.5) is 0 Å². The van der Waals surface area contributed by atoms with Crippen LogP contribution in [0.2, 0.25) is 0 Å². The number of aryl methyl sites for hydroxylation is 2. The van der Waals surface area contributed by atoms with Crippen LogP contribution in [0.5, 0.6) is 0 Å². The van der Waals surface area contributed by atoms with Gasteiger partial charge in [0.1, 0.15) is 5.01 Å². The summed E-state index contributed by atoms with van der Waals surface area (Å²) >= 11 is 1.76. The van der Waals surface area contributed by atoms with Crippen LogP contribution in [0.3, 0.4) is 0 Å². The largest absolute Gasteiger partial charge is 0.330 e. The number of nitrogens with one attached hydrogen (secondary N) is 1. The third-order valence-electron chi connectivity index (χ3n) is 2.63. The SMILES string of the molecule is CCNCc1cn(Cc2nc(C)c(C)s2)cn1. The van der Waals surface area contributed by atoms with Gasteiger partial charge in [0.05, 0.1) is 24.3 Å². The summed E-state index contributed by atoms with van der Waals surface area (Å²) in [4.78, 5) is 10.2. The minimum Gasteiger partial charge on any atom is -0.330 e. The summed E-state index contributed by atoms with van der Waals surface area (Å²) < 4.78 is 2.09. The Kier molecular flexibility index (Phi) is 3.91. The number of hydrogen-bond donors (Lipinski definition) is 1. The van der Waals surface area contributed by atoms with E-state index in [0.717, 1.165) is 36.0 Å². The Morgan fingerprint density at radius 1 is 1.41 bits per heavy atom. The van der Waals surface area contributed by atoms with Gasteiger partial charge < -0.3 is 9.88 Å². The third kappa shape index (κ3) is 3.14. The van der Waals surface area contributed by atoms with Gasteiger partial charge in [-0.1, -0.05) is 6.92 Å². The molecule has 2 aromatic heterocycles. The molecule has 92 valence electrons. The lowest BCUT2D eigenvalue weighted by Crippen LogP contribution is -2.11. The van der Waals surface area contributed by atoms with Crippen LogP contribution in [-0.4, -0.2) is 21.1 Å². The first-order valence-electron chi connectivity index (χ1n) is 5.83. The summed E-state index contributed by atoms with van der Waals surface area (Å²) in [7, 11) is 0. The van der Waals surface area contributed by atoms with Crippen molar-refractivity contribution in [2.24, 2.45) is 0 Å². The predicted molar refractivity (Wildman–Crippen MR) is 70.3 cm³/mol. The van der Waals surface area contributed by atoms with Gasteiger partial charge in [0.15, 0.2) is 0 Å². The van der Waals surface area contributed by atoms with Crippen molar-refractivity contribution < 1.29 is 0 Å². The lowest BCUT2D eigenvalue weighted by atomic mass is 10.4. The lowest BCUT2D eigenvalue weighted by Gasteiger charge is -1.97. The van der Waals surface area contributed by atoms with E-state index in [9.17, 15) is 0 Å². The van der Waals surface area contributed by atoms with Gasteiger partial charge in [0.2, 0.25) is 0 Å². The predicted octanol–water partition coefficient (Wildman–Crippen LogP) is 2.11. The van der Waals surface area contributed by atoms with E-state index in [4.69, 9.17) is 0 Å². The molecule has 0 amide bonds. The summed E-state index contributed by atoms with van der Waals surface area (Å²) in [5.41, 5.74) is 2.22. The molecule has 0 aliphatic heterocycles. The van der Waals surface area contributed by atoms with Gasteiger partial charge in [-0.2, -0.15) is 0 Å². The number of thiazole rings is 1. The zero-order valence-corrected chi connectivity index (χ0v) is 11.3. The Morgan fingerprint density at radius 3 is 2.88 bits per heavy atom. The second kappa shape index (κ2) is 5.42. The maximum atomic E-state index is 4.53. The number of hydrogen-bond acceptors (Lipinski definition) is 4. The van der Waals surface area contributed by atoms with Crippen LogP contribution < -0.4 is 5.32 Å². The maximum absolute atomic E-state index is 4.53. The molecular weight excluding hydrogens is 232 g/mol. The zero-order valence-electron chi connectivity index (χ0n) is 10.5. The van der Waals surface area contributed by atoms with Gasteiger partial charge in [-0.3, -0.25) is 0 Å². The van der Waals surface area contributed by atoms with E-state index in [0.29, 0.717) is 0 Å². The smallest absolute Gasteiger partial charge is 0.113 e. The van der Waals surface area contributed by atoms with Crippen molar-refractivity contribution in [2.45, 2.75) is 33.9 Å². The average Bonchev–Trinajstić information content (AvgIpc) is 2.85. The molecule has 2 rings (SSSR count). The summed E-state index contributed by atoms with van der Waals surface area (Å²) in [5.74, 6) is 0. The standard InChI is InChI=1S/C12H18N4S/c1-4-13-5-11-6-16(8-14-11)7-12-15-9(2)10(3)17-12/h6,8,13H,4-5,7H2,1-3H3. The molecule has 2 heterocycles. The third-order valence-corrected chi connectivity index (χ3v) is 3.69. The van der Waals surface area contributed by atoms with E-state index in [-0.39, 0.29) is 0 Å². The van der Waals surface area contributed by atoms with E-state index >= 15 is 0 Å². The maximum Gasteiger partial charge on any atom is 0.113 e. The Morgan fingerprint density at radius 2 is 2.24 bits per heavy atom. The molecule has 1 N–H and O–H groups in total. The molecule has 2 aromatic rings. The van der Waals surface area contributed by atoms with Crippen molar-refractivity contribution in [3.63, 3.8) is 0 Å². The second-order valence-electron chi connectivity index (χ2n) is 4.07. The molecule has 0 fully saturated rings. The van der Waals surface area contributed by atoms with E-state index in [1.54, 1.807) is 11.3 Å². The van der Waals surface area contributed by atoms with Gasteiger partial charge in [0.25, 0.3) is 0 Å². The quantitative estimate of drug-likeness (QED) is 0.884. The Balaban J connectivity index is 2.01. The van der Waals surface area contributed by atoms with Gasteiger partial charge in [-0.05, 0) is 20.4 Å². The highest BCUT2D eigenvalue weighted by Gasteiger charge is 2.05. The Bertz CT molecular complexity index is 467. The van der Waals surface area contributed by atoms with Gasteiger partial charge in [0, 0.05) is 17.6 Å². The minimum absolute atomic E-state index is 0.818. The van der Waals surface area contributed by atoms with E-state index in [2.05, 4.69) is 46.8 Å². The topological polar surface area (TPSA) is 42.7 Å². The highest BCUT2D eigenvalue weighted by molar-refractivity contribution is 7.11. The molecule has 0 aliphatic rings. The van der Waals surface area contributed by atoms with E-state index in [1.165, 1.54) is 4.88 Å². The number of imidazole rings is 1. The molecule has 0 spiro atoms. The van der Waals surface area contributed by atoms with Crippen LogP contribution >= 0.6 is 11.3 Å². The van der Waals surface area contributed by atoms with Crippen molar-refractivity contribution in [3.05, 3.63) is 33.8 Å². The first kappa shape index (κ1) is 12.3. The Hall–Kier alpha value is -1.20. The molecule has 0 saturated carbocycles. The van der Waals surface area contributed by atoms with E-state index in [1.807, 2.05) is 6.33 Å². The van der Waals surface area contributed by atoms with Crippen molar-refractivity contribution in [1.29, 1.82) is 0 Å². The number of nitrogens with zero attached hydrogens (tertiary/aromatic N) is 3. The fourth-order valence-electron chi connectivity index (χ4n) is 1.60. The fraction of sp³-hybridized carbons (Fsp3) is 0.500. The van der Waals surface area contributed by atoms with Gasteiger partial charge in [-0.15, -0.1) is 11.3 Å². The molecule has 0 bridgehead atoms. The molecule has 0 aliphatic carbocycles. The monoisotopic (exact) mass is 250 g/mol. The van der Waals surface area contributed by atoms with Crippen LogP contribution in [0.25, 0.3) is 0 Å². The van der Waals surface area contributed by atoms with Gasteiger partial charge >= 0.3 is 0 Å². The average molecular weight is 250 g/mol. The van der Waals surface area contributed by atoms with Crippen molar-refractivity contribution in [2.75, 3.05) is 6.54 Å².